The van der Waals surface area contributed by atoms with Crippen molar-refractivity contribution in [3.05, 3.63) is 47.7 Å². The number of piperidine rings is 1. The average Bonchev–Trinajstić information content (AvgIpc) is 3.42. The highest BCUT2D eigenvalue weighted by Crippen LogP contribution is 2.29. The first-order valence-electron chi connectivity index (χ1n) is 9.85. The molecule has 152 valence electrons. The molecule has 0 N–H and O–H groups in total. The van der Waals surface area contributed by atoms with Gasteiger partial charge in [-0.2, -0.15) is 0 Å². The Hall–Kier alpha value is -2.25. The minimum absolute atomic E-state index is 0.159. The number of likely N-dealkylation sites (tertiary alicyclic amines) is 1. The van der Waals surface area contributed by atoms with Gasteiger partial charge in [0.15, 0.2) is 10.9 Å². The SMILES string of the molecule is CCC1CCCCN1C(=O)CSc1nnc(-c2ccco2)n1-c1ccc(Cl)cc1. The molecule has 1 amide bonds. The Morgan fingerprint density at radius 2 is 2.07 bits per heavy atom. The third-order valence-corrected chi connectivity index (χ3v) is 6.37. The summed E-state index contributed by atoms with van der Waals surface area (Å²) in [4.78, 5) is 14.9. The van der Waals surface area contributed by atoms with Crippen molar-refractivity contribution in [2.75, 3.05) is 12.3 Å². The van der Waals surface area contributed by atoms with Crippen LogP contribution in [-0.2, 0) is 4.79 Å². The Labute approximate surface area is 179 Å². The minimum atomic E-state index is 0.159. The van der Waals surface area contributed by atoms with Gasteiger partial charge in [0.1, 0.15) is 0 Å². The molecule has 3 aromatic rings. The highest BCUT2D eigenvalue weighted by Gasteiger charge is 2.26. The van der Waals surface area contributed by atoms with E-state index in [0.29, 0.717) is 33.6 Å². The van der Waals surface area contributed by atoms with Crippen LogP contribution in [0.15, 0.2) is 52.2 Å². The van der Waals surface area contributed by atoms with Gasteiger partial charge in [0.05, 0.1) is 12.0 Å². The molecule has 2 aromatic heterocycles. The molecule has 0 saturated carbocycles. The number of nitrogens with zero attached hydrogens (tertiary/aromatic N) is 4. The van der Waals surface area contributed by atoms with Gasteiger partial charge in [-0.1, -0.05) is 30.3 Å². The number of halogens is 1. The molecule has 4 rings (SSSR count). The number of hydrogen-bond acceptors (Lipinski definition) is 5. The Morgan fingerprint density at radius 1 is 1.24 bits per heavy atom. The van der Waals surface area contributed by atoms with Crippen LogP contribution < -0.4 is 0 Å². The first-order valence-corrected chi connectivity index (χ1v) is 11.2. The molecule has 0 aliphatic carbocycles. The van der Waals surface area contributed by atoms with Crippen LogP contribution in [0.25, 0.3) is 17.3 Å². The second-order valence-corrected chi connectivity index (χ2v) is 8.41. The number of thioether (sulfide) groups is 1. The number of rotatable bonds is 6. The van der Waals surface area contributed by atoms with E-state index in [0.717, 1.165) is 31.5 Å². The summed E-state index contributed by atoms with van der Waals surface area (Å²) in [7, 11) is 0. The molecule has 0 spiro atoms. The molecule has 1 aromatic carbocycles. The zero-order valence-electron chi connectivity index (χ0n) is 16.3. The van der Waals surface area contributed by atoms with Crippen LogP contribution in [0.4, 0.5) is 0 Å². The van der Waals surface area contributed by atoms with Gasteiger partial charge in [-0.3, -0.25) is 9.36 Å². The molecule has 1 atom stereocenters. The monoisotopic (exact) mass is 430 g/mol. The van der Waals surface area contributed by atoms with Crippen molar-refractivity contribution in [2.45, 2.75) is 43.8 Å². The highest BCUT2D eigenvalue weighted by molar-refractivity contribution is 7.99. The van der Waals surface area contributed by atoms with Gasteiger partial charge >= 0.3 is 0 Å². The summed E-state index contributed by atoms with van der Waals surface area (Å²) >= 11 is 7.46. The minimum Gasteiger partial charge on any atom is -0.461 e. The topological polar surface area (TPSA) is 64.2 Å². The van der Waals surface area contributed by atoms with E-state index in [2.05, 4.69) is 17.1 Å². The fourth-order valence-corrected chi connectivity index (χ4v) is 4.68. The molecule has 1 fully saturated rings. The number of benzene rings is 1. The Bertz CT molecular complexity index is 956. The Balaban J connectivity index is 1.59. The van der Waals surface area contributed by atoms with E-state index >= 15 is 0 Å². The predicted octanol–water partition coefficient (Wildman–Crippen LogP) is 5.06. The lowest BCUT2D eigenvalue weighted by molar-refractivity contribution is -0.132. The van der Waals surface area contributed by atoms with E-state index in [1.165, 1.54) is 18.2 Å². The molecule has 0 radical (unpaired) electrons. The second-order valence-electron chi connectivity index (χ2n) is 7.03. The number of carbonyl (C=O) groups is 1. The normalized spacial score (nSPS) is 16.9. The molecular formula is C21H23ClN4O2S. The van der Waals surface area contributed by atoms with Crippen LogP contribution in [0.5, 0.6) is 0 Å². The quantitative estimate of drug-likeness (QED) is 0.511. The first-order chi connectivity index (χ1) is 14.2. The number of amides is 1. The maximum Gasteiger partial charge on any atom is 0.233 e. The second kappa shape index (κ2) is 9.05. The fourth-order valence-electron chi connectivity index (χ4n) is 3.71. The highest BCUT2D eigenvalue weighted by atomic mass is 35.5. The van der Waals surface area contributed by atoms with Crippen LogP contribution in [0.3, 0.4) is 0 Å². The molecule has 1 unspecified atom stereocenters. The summed E-state index contributed by atoms with van der Waals surface area (Å²) in [5, 5.41) is 9.96. The van der Waals surface area contributed by atoms with E-state index in [1.54, 1.807) is 6.26 Å². The lowest BCUT2D eigenvalue weighted by Crippen LogP contribution is -2.44. The third kappa shape index (κ3) is 4.36. The molecule has 1 aliphatic heterocycles. The van der Waals surface area contributed by atoms with Gasteiger partial charge in [-0.15, -0.1) is 10.2 Å². The predicted molar refractivity (Wildman–Crippen MR) is 114 cm³/mol. The Morgan fingerprint density at radius 3 is 2.79 bits per heavy atom. The molecule has 29 heavy (non-hydrogen) atoms. The Kier molecular flexibility index (Phi) is 6.25. The number of carbonyl (C=O) groups excluding carboxylic acids is 1. The molecule has 8 heteroatoms. The van der Waals surface area contributed by atoms with Crippen molar-refractivity contribution in [1.29, 1.82) is 0 Å². The molecule has 1 aliphatic rings. The van der Waals surface area contributed by atoms with Crippen molar-refractivity contribution in [3.8, 4) is 17.3 Å². The van der Waals surface area contributed by atoms with Crippen molar-refractivity contribution in [3.63, 3.8) is 0 Å². The van der Waals surface area contributed by atoms with E-state index in [4.69, 9.17) is 16.0 Å². The fraction of sp³-hybridized carbons (Fsp3) is 0.381. The van der Waals surface area contributed by atoms with Crippen molar-refractivity contribution < 1.29 is 9.21 Å². The molecule has 1 saturated heterocycles. The maximum absolute atomic E-state index is 12.9. The summed E-state index contributed by atoms with van der Waals surface area (Å²) in [6, 6.07) is 11.5. The van der Waals surface area contributed by atoms with Crippen molar-refractivity contribution in [2.24, 2.45) is 0 Å². The van der Waals surface area contributed by atoms with Crippen LogP contribution in [0, 0.1) is 0 Å². The molecule has 6 nitrogen and oxygen atoms in total. The van der Waals surface area contributed by atoms with Gasteiger partial charge in [0, 0.05) is 23.3 Å². The number of aromatic nitrogens is 3. The smallest absolute Gasteiger partial charge is 0.233 e. The first kappa shape index (κ1) is 20.0. The van der Waals surface area contributed by atoms with Gasteiger partial charge in [0.25, 0.3) is 0 Å². The third-order valence-electron chi connectivity index (χ3n) is 5.20. The van der Waals surface area contributed by atoms with Crippen LogP contribution >= 0.6 is 23.4 Å². The largest absolute Gasteiger partial charge is 0.461 e. The summed E-state index contributed by atoms with van der Waals surface area (Å²) in [5.41, 5.74) is 0.866. The molecule has 3 heterocycles. The van der Waals surface area contributed by atoms with E-state index < -0.39 is 0 Å². The van der Waals surface area contributed by atoms with Crippen molar-refractivity contribution >= 4 is 29.3 Å². The van der Waals surface area contributed by atoms with Gasteiger partial charge in [-0.25, -0.2) is 0 Å². The van der Waals surface area contributed by atoms with E-state index in [1.807, 2.05) is 45.9 Å². The summed E-state index contributed by atoms with van der Waals surface area (Å²) in [6.45, 7) is 3.00. The van der Waals surface area contributed by atoms with Crippen molar-refractivity contribution in [1.82, 2.24) is 19.7 Å². The van der Waals surface area contributed by atoms with Crippen LogP contribution in [0.1, 0.15) is 32.6 Å². The van der Waals surface area contributed by atoms with E-state index in [-0.39, 0.29) is 5.91 Å². The molecular weight excluding hydrogens is 408 g/mol. The average molecular weight is 431 g/mol. The standard InChI is InChI=1S/C21H23ClN4O2S/c1-2-16-6-3-4-12-25(16)19(27)14-29-21-24-23-20(18-7-5-13-28-18)26(21)17-10-8-15(22)9-11-17/h5,7-11,13,16H,2-4,6,12,14H2,1H3. The lowest BCUT2D eigenvalue weighted by atomic mass is 10.0. The number of furan rings is 1. The van der Waals surface area contributed by atoms with Gasteiger partial charge < -0.3 is 9.32 Å². The molecule has 0 bridgehead atoms. The van der Waals surface area contributed by atoms with Gasteiger partial charge in [-0.05, 0) is 62.1 Å². The van der Waals surface area contributed by atoms with E-state index in [9.17, 15) is 4.79 Å². The van der Waals surface area contributed by atoms with Gasteiger partial charge in [0.2, 0.25) is 11.7 Å². The lowest BCUT2D eigenvalue weighted by Gasteiger charge is -2.35. The number of hydrogen-bond donors (Lipinski definition) is 0. The summed E-state index contributed by atoms with van der Waals surface area (Å²) in [5.74, 6) is 1.71. The summed E-state index contributed by atoms with van der Waals surface area (Å²) < 4.78 is 7.44. The zero-order chi connectivity index (χ0) is 20.2. The van der Waals surface area contributed by atoms with Crippen LogP contribution in [-0.4, -0.2) is 43.9 Å². The maximum atomic E-state index is 12.9. The summed E-state index contributed by atoms with van der Waals surface area (Å²) in [6.07, 6.45) is 5.98. The van der Waals surface area contributed by atoms with Crippen LogP contribution in [0.2, 0.25) is 5.02 Å². The zero-order valence-corrected chi connectivity index (χ0v) is 17.8.